The average molecular weight is 429 g/mol. The van der Waals surface area contributed by atoms with Crippen molar-refractivity contribution >= 4 is 20.3 Å². The fraction of sp³-hybridized carbons (Fsp3) is 0.818. The van der Waals surface area contributed by atoms with E-state index in [0.29, 0.717) is 18.9 Å². The molecule has 1 rings (SSSR count). The van der Waals surface area contributed by atoms with Gasteiger partial charge in [0.25, 0.3) is 0 Å². The molecule has 29 heavy (non-hydrogen) atoms. The number of rotatable bonds is 10. The zero-order valence-electron chi connectivity index (χ0n) is 19.2. The van der Waals surface area contributed by atoms with E-state index in [1.54, 1.807) is 6.08 Å². The van der Waals surface area contributed by atoms with Crippen LogP contribution in [0.15, 0.2) is 12.2 Å². The number of hydrogen-bond acceptors (Lipinski definition) is 6. The summed E-state index contributed by atoms with van der Waals surface area (Å²) in [6, 6.07) is 0. The predicted molar refractivity (Wildman–Crippen MR) is 116 cm³/mol. The van der Waals surface area contributed by atoms with E-state index >= 15 is 0 Å². The second-order valence-corrected chi connectivity index (χ2v) is 14.3. The zero-order chi connectivity index (χ0) is 22.2. The van der Waals surface area contributed by atoms with Gasteiger partial charge in [0.15, 0.2) is 8.32 Å². The van der Waals surface area contributed by atoms with Crippen molar-refractivity contribution in [1.82, 2.24) is 0 Å². The first-order valence-electron chi connectivity index (χ1n) is 10.6. The van der Waals surface area contributed by atoms with Gasteiger partial charge in [-0.15, -0.1) is 0 Å². The third-order valence-corrected chi connectivity index (χ3v) is 10.8. The molecule has 1 unspecified atom stereocenters. The minimum atomic E-state index is -1.92. The Hall–Kier alpha value is -1.18. The Morgan fingerprint density at radius 3 is 2.45 bits per heavy atom. The molecule has 0 spiro atoms. The van der Waals surface area contributed by atoms with Crippen molar-refractivity contribution in [2.75, 3.05) is 13.7 Å². The quantitative estimate of drug-likeness (QED) is 0.319. The number of esters is 2. The lowest BCUT2D eigenvalue weighted by Gasteiger charge is -2.40. The van der Waals surface area contributed by atoms with E-state index < -0.39 is 14.4 Å². The molecular formula is C22H40O6Si. The molecule has 0 heterocycles. The molecule has 4 atom stereocenters. The highest BCUT2D eigenvalue weighted by molar-refractivity contribution is 6.74. The van der Waals surface area contributed by atoms with Crippen LogP contribution < -0.4 is 0 Å². The Bertz CT molecular complexity index is 566. The monoisotopic (exact) mass is 428 g/mol. The minimum absolute atomic E-state index is 0.0993. The highest BCUT2D eigenvalue weighted by atomic mass is 28.4. The Balaban J connectivity index is 2.84. The van der Waals surface area contributed by atoms with Crippen molar-refractivity contribution in [3.8, 4) is 0 Å². The summed E-state index contributed by atoms with van der Waals surface area (Å²) in [6.07, 6.45) is 6.50. The second kappa shape index (κ2) is 11.3. The molecule has 7 heteroatoms. The lowest BCUT2D eigenvalue weighted by molar-refractivity contribution is -0.142. The molecule has 0 aromatic rings. The molecule has 0 aliphatic heterocycles. The van der Waals surface area contributed by atoms with Crippen LogP contribution in [-0.2, 0) is 23.5 Å². The highest BCUT2D eigenvalue weighted by Crippen LogP contribution is 2.43. The van der Waals surface area contributed by atoms with Crippen LogP contribution in [0.3, 0.4) is 0 Å². The predicted octanol–water partition coefficient (Wildman–Crippen LogP) is 4.23. The molecule has 0 amide bonds. The van der Waals surface area contributed by atoms with Gasteiger partial charge in [0.2, 0.25) is 0 Å². The molecule has 0 saturated heterocycles. The molecule has 1 fully saturated rings. The Morgan fingerprint density at radius 1 is 1.24 bits per heavy atom. The van der Waals surface area contributed by atoms with E-state index in [2.05, 4.69) is 38.6 Å². The van der Waals surface area contributed by atoms with Gasteiger partial charge in [0.1, 0.15) is 0 Å². The fourth-order valence-electron chi connectivity index (χ4n) is 3.45. The van der Waals surface area contributed by atoms with Crippen LogP contribution in [0.2, 0.25) is 18.1 Å². The summed E-state index contributed by atoms with van der Waals surface area (Å²) in [5, 5.41) is 10.4. The molecule has 1 saturated carbocycles. The van der Waals surface area contributed by atoms with Crippen LogP contribution in [0.25, 0.3) is 0 Å². The number of aliphatic hydroxyl groups excluding tert-OH is 1. The third-order valence-electron chi connectivity index (χ3n) is 6.27. The minimum Gasteiger partial charge on any atom is -0.469 e. The van der Waals surface area contributed by atoms with Crippen LogP contribution in [0, 0.1) is 11.8 Å². The van der Waals surface area contributed by atoms with E-state index in [4.69, 9.17) is 9.16 Å². The average Bonchev–Trinajstić information content (AvgIpc) is 2.97. The van der Waals surface area contributed by atoms with Crippen LogP contribution in [0.1, 0.15) is 59.8 Å². The van der Waals surface area contributed by atoms with E-state index in [0.717, 1.165) is 19.3 Å². The third kappa shape index (κ3) is 8.60. The SMILES string of the molecule is COC(=O)CCC(O)/C=C/[C@H]1[C@@H](CCOC(C)=O)CC[C@@H]1O[Si](C)(C)C(C)(C)C. The lowest BCUT2D eigenvalue weighted by Crippen LogP contribution is -2.45. The molecule has 6 nitrogen and oxygen atoms in total. The number of aliphatic hydroxyl groups is 1. The van der Waals surface area contributed by atoms with Crippen molar-refractivity contribution in [1.29, 1.82) is 0 Å². The van der Waals surface area contributed by atoms with Crippen molar-refractivity contribution in [3.05, 3.63) is 12.2 Å². The summed E-state index contributed by atoms with van der Waals surface area (Å²) >= 11 is 0. The maximum Gasteiger partial charge on any atom is 0.305 e. The van der Waals surface area contributed by atoms with Crippen LogP contribution in [0.4, 0.5) is 0 Å². The summed E-state index contributed by atoms with van der Waals surface area (Å²) in [5.74, 6) is -0.0836. The maximum absolute atomic E-state index is 11.3. The van der Waals surface area contributed by atoms with Crippen molar-refractivity contribution in [3.63, 3.8) is 0 Å². The number of carbonyl (C=O) groups is 2. The summed E-state index contributed by atoms with van der Waals surface area (Å²) in [4.78, 5) is 22.4. The van der Waals surface area contributed by atoms with Gasteiger partial charge in [-0.2, -0.15) is 0 Å². The molecular weight excluding hydrogens is 388 g/mol. The van der Waals surface area contributed by atoms with E-state index in [-0.39, 0.29) is 35.4 Å². The van der Waals surface area contributed by atoms with E-state index in [1.807, 2.05) is 6.08 Å². The summed E-state index contributed by atoms with van der Waals surface area (Å²) < 4.78 is 16.5. The molecule has 0 aromatic heterocycles. The van der Waals surface area contributed by atoms with Gasteiger partial charge in [-0.25, -0.2) is 0 Å². The van der Waals surface area contributed by atoms with Crippen LogP contribution in [-0.4, -0.2) is 51.3 Å². The Morgan fingerprint density at radius 2 is 1.90 bits per heavy atom. The van der Waals surface area contributed by atoms with Crippen molar-refractivity contribution in [2.45, 2.75) is 90.1 Å². The molecule has 168 valence electrons. The summed E-state index contributed by atoms with van der Waals surface area (Å²) in [6.45, 7) is 13.0. The molecule has 1 aliphatic rings. The van der Waals surface area contributed by atoms with Gasteiger partial charge in [0, 0.05) is 19.3 Å². The maximum atomic E-state index is 11.3. The smallest absolute Gasteiger partial charge is 0.305 e. The van der Waals surface area contributed by atoms with E-state index in [9.17, 15) is 14.7 Å². The highest BCUT2D eigenvalue weighted by Gasteiger charge is 2.43. The number of carbonyl (C=O) groups excluding carboxylic acids is 2. The number of methoxy groups -OCH3 is 1. The van der Waals surface area contributed by atoms with Gasteiger partial charge in [-0.3, -0.25) is 9.59 Å². The topological polar surface area (TPSA) is 82.1 Å². The lowest BCUT2D eigenvalue weighted by atomic mass is 9.91. The number of hydrogen-bond donors (Lipinski definition) is 1. The largest absolute Gasteiger partial charge is 0.469 e. The van der Waals surface area contributed by atoms with Gasteiger partial charge in [-0.1, -0.05) is 32.9 Å². The second-order valence-electron chi connectivity index (χ2n) is 9.53. The van der Waals surface area contributed by atoms with Gasteiger partial charge >= 0.3 is 11.9 Å². The van der Waals surface area contributed by atoms with Crippen LogP contribution >= 0.6 is 0 Å². The molecule has 0 radical (unpaired) electrons. The van der Waals surface area contributed by atoms with Crippen molar-refractivity contribution in [2.24, 2.45) is 11.8 Å². The zero-order valence-corrected chi connectivity index (χ0v) is 20.2. The molecule has 0 aromatic carbocycles. The first-order chi connectivity index (χ1) is 13.4. The standard InChI is InChI=1S/C22H40O6Si/c1-16(23)27-15-14-17-8-12-20(28-29(6,7)22(2,3)4)19(17)11-9-18(24)10-13-21(25)26-5/h9,11,17-20,24H,8,10,12-15H2,1-7H3/b11-9+/t17-,18?,19+,20+/m1/s1. The fourth-order valence-corrected chi connectivity index (χ4v) is 4.84. The van der Waals surface area contributed by atoms with Gasteiger partial charge < -0.3 is 19.0 Å². The molecule has 1 aliphatic carbocycles. The van der Waals surface area contributed by atoms with Crippen LogP contribution in [0.5, 0.6) is 0 Å². The first kappa shape index (κ1) is 25.9. The first-order valence-corrected chi connectivity index (χ1v) is 13.5. The molecule has 1 N–H and O–H groups in total. The van der Waals surface area contributed by atoms with Crippen molar-refractivity contribution < 1.29 is 28.6 Å². The van der Waals surface area contributed by atoms with E-state index in [1.165, 1.54) is 14.0 Å². The normalized spacial score (nSPS) is 23.9. The Labute approximate surface area is 177 Å². The van der Waals surface area contributed by atoms with Gasteiger partial charge in [-0.05, 0) is 49.7 Å². The molecule has 0 bridgehead atoms. The van der Waals surface area contributed by atoms with Gasteiger partial charge in [0.05, 0.1) is 25.9 Å². The Kier molecular flexibility index (Phi) is 10.1. The summed E-state index contributed by atoms with van der Waals surface area (Å²) in [7, 11) is -0.578. The number of ether oxygens (including phenoxy) is 2. The summed E-state index contributed by atoms with van der Waals surface area (Å²) in [5.41, 5.74) is 0.